The summed E-state index contributed by atoms with van der Waals surface area (Å²) in [7, 11) is 5.49. The minimum atomic E-state index is -0.827. The van der Waals surface area contributed by atoms with Crippen molar-refractivity contribution in [2.75, 3.05) is 34.2 Å². The summed E-state index contributed by atoms with van der Waals surface area (Å²) in [5.74, 6) is -0.747. The number of benzene rings is 3. The van der Waals surface area contributed by atoms with Crippen molar-refractivity contribution in [2.24, 2.45) is 5.73 Å². The van der Waals surface area contributed by atoms with Crippen molar-refractivity contribution < 1.29 is 14.4 Å². The molecule has 0 spiro atoms. The monoisotopic (exact) mass is 653 g/mol. The van der Waals surface area contributed by atoms with Gasteiger partial charge in [-0.1, -0.05) is 92.7 Å². The van der Waals surface area contributed by atoms with Crippen LogP contribution < -0.4 is 11.1 Å². The molecule has 3 N–H and O–H groups in total. The average molecular weight is 654 g/mol. The van der Waals surface area contributed by atoms with Crippen LogP contribution in [0.1, 0.15) is 63.5 Å². The highest BCUT2D eigenvalue weighted by molar-refractivity contribution is 5.95. The molecule has 0 aliphatic carbocycles. The first-order chi connectivity index (χ1) is 23.0. The van der Waals surface area contributed by atoms with Gasteiger partial charge in [-0.3, -0.25) is 14.4 Å². The van der Waals surface area contributed by atoms with Crippen LogP contribution in [0.25, 0.3) is 10.8 Å². The number of fused-ring (bicyclic) bond motifs is 1. The second-order valence-electron chi connectivity index (χ2n) is 13.5. The minimum Gasteiger partial charge on any atom is -0.354 e. The Hall–Kier alpha value is -4.01. The number of amides is 3. The molecule has 1 unspecified atom stereocenters. The molecule has 0 aromatic heterocycles. The standard InChI is InChI=1S/C40H55N5O3/c1-6-40(41,7-2)24-13-20-37(46)44(4)36(29-31-21-22-32-17-11-12-18-33(32)27-31)39(48)45(5)35(28-30-15-9-8-10-16-30)38(47)42-25-23-34-19-14-26-43(34)3/h8-13,15-18,20-22,27,34-36H,6-7,14,19,23-26,28-29,41H2,1-5H3,(H,42,47)/b20-13+/t34?,35-,36-/m1/s1. The van der Waals surface area contributed by atoms with Gasteiger partial charge in [0.2, 0.25) is 17.7 Å². The van der Waals surface area contributed by atoms with Gasteiger partial charge in [-0.15, -0.1) is 0 Å². The number of hydrogen-bond acceptors (Lipinski definition) is 5. The maximum atomic E-state index is 14.5. The van der Waals surface area contributed by atoms with Crippen LogP contribution in [0, 0.1) is 0 Å². The number of nitrogens with two attached hydrogens (primary N) is 1. The second-order valence-corrected chi connectivity index (χ2v) is 13.5. The lowest BCUT2D eigenvalue weighted by molar-refractivity contribution is -0.146. The predicted octanol–water partition coefficient (Wildman–Crippen LogP) is 5.34. The number of rotatable bonds is 16. The minimum absolute atomic E-state index is 0.188. The van der Waals surface area contributed by atoms with Crippen LogP contribution in [0.5, 0.6) is 0 Å². The first-order valence-electron chi connectivity index (χ1n) is 17.5. The van der Waals surface area contributed by atoms with Crippen molar-refractivity contribution in [1.82, 2.24) is 20.0 Å². The molecule has 258 valence electrons. The largest absolute Gasteiger partial charge is 0.354 e. The van der Waals surface area contributed by atoms with E-state index in [0.717, 1.165) is 54.1 Å². The molecule has 8 nitrogen and oxygen atoms in total. The maximum Gasteiger partial charge on any atom is 0.246 e. The number of carbonyl (C=O) groups excluding carboxylic acids is 3. The third kappa shape index (κ3) is 9.77. The number of nitrogens with one attached hydrogen (secondary N) is 1. The van der Waals surface area contributed by atoms with Crippen molar-refractivity contribution in [2.45, 2.75) is 88.9 Å². The Labute approximate surface area is 287 Å². The van der Waals surface area contributed by atoms with Crippen LogP contribution >= 0.6 is 0 Å². The first kappa shape index (κ1) is 36.8. The third-order valence-corrected chi connectivity index (χ3v) is 10.4. The SMILES string of the molecule is CCC(N)(CC)C/C=C/C(=O)N(C)[C@H](Cc1ccc2ccccc2c1)C(=O)N(C)[C@H](Cc1ccccc1)C(=O)NCCC1CCCN1C. The molecule has 0 bridgehead atoms. The van der Waals surface area contributed by atoms with E-state index in [4.69, 9.17) is 5.73 Å². The number of hydrogen-bond donors (Lipinski definition) is 2. The summed E-state index contributed by atoms with van der Waals surface area (Å²) in [6.07, 6.45) is 9.36. The van der Waals surface area contributed by atoms with Crippen molar-refractivity contribution >= 4 is 28.5 Å². The highest BCUT2D eigenvalue weighted by atomic mass is 16.2. The smallest absolute Gasteiger partial charge is 0.246 e. The lowest BCUT2D eigenvalue weighted by Crippen LogP contribution is -2.56. The quantitative estimate of drug-likeness (QED) is 0.203. The summed E-state index contributed by atoms with van der Waals surface area (Å²) in [6, 6.07) is 22.9. The van der Waals surface area contributed by atoms with E-state index in [0.29, 0.717) is 31.8 Å². The van der Waals surface area contributed by atoms with Crippen LogP contribution in [0.15, 0.2) is 84.9 Å². The van der Waals surface area contributed by atoms with E-state index in [-0.39, 0.29) is 23.3 Å². The zero-order valence-electron chi connectivity index (χ0n) is 29.5. The Morgan fingerprint density at radius 2 is 1.58 bits per heavy atom. The second kappa shape index (κ2) is 17.4. The molecule has 0 saturated carbocycles. The van der Waals surface area contributed by atoms with Crippen LogP contribution in [0.4, 0.5) is 0 Å². The molecule has 4 rings (SSSR count). The molecule has 3 amide bonds. The van der Waals surface area contributed by atoms with Crippen LogP contribution in [-0.2, 0) is 27.2 Å². The van der Waals surface area contributed by atoms with E-state index in [1.54, 1.807) is 19.0 Å². The van der Waals surface area contributed by atoms with Gasteiger partial charge in [-0.05, 0) is 80.1 Å². The molecular weight excluding hydrogens is 598 g/mol. The number of carbonyl (C=O) groups is 3. The van der Waals surface area contributed by atoms with Gasteiger partial charge >= 0.3 is 0 Å². The zero-order valence-corrected chi connectivity index (χ0v) is 29.5. The molecular formula is C40H55N5O3. The number of nitrogens with zero attached hydrogens (tertiary/aromatic N) is 3. The molecule has 48 heavy (non-hydrogen) atoms. The van der Waals surface area contributed by atoms with Gasteiger partial charge in [0.25, 0.3) is 0 Å². The fourth-order valence-corrected chi connectivity index (χ4v) is 6.64. The lowest BCUT2D eigenvalue weighted by atomic mass is 9.90. The number of likely N-dealkylation sites (tertiary alicyclic amines) is 1. The van der Waals surface area contributed by atoms with Crippen molar-refractivity contribution in [3.05, 3.63) is 96.1 Å². The Balaban J connectivity index is 1.59. The van der Waals surface area contributed by atoms with E-state index in [1.807, 2.05) is 66.7 Å². The highest BCUT2D eigenvalue weighted by Crippen LogP contribution is 2.21. The van der Waals surface area contributed by atoms with Crippen molar-refractivity contribution in [1.29, 1.82) is 0 Å². The van der Waals surface area contributed by atoms with Crippen molar-refractivity contribution in [3.8, 4) is 0 Å². The van der Waals surface area contributed by atoms with Crippen molar-refractivity contribution in [3.63, 3.8) is 0 Å². The van der Waals surface area contributed by atoms with Gasteiger partial charge in [0.1, 0.15) is 12.1 Å². The predicted molar refractivity (Wildman–Crippen MR) is 195 cm³/mol. The molecule has 3 aromatic carbocycles. The lowest BCUT2D eigenvalue weighted by Gasteiger charge is -2.34. The summed E-state index contributed by atoms with van der Waals surface area (Å²) in [6.45, 7) is 5.73. The molecule has 1 aliphatic rings. The highest BCUT2D eigenvalue weighted by Gasteiger charge is 2.35. The molecule has 1 aliphatic heterocycles. The first-order valence-corrected chi connectivity index (χ1v) is 17.5. The molecule has 3 aromatic rings. The van der Waals surface area contributed by atoms with E-state index < -0.39 is 12.1 Å². The van der Waals surface area contributed by atoms with Gasteiger partial charge in [-0.2, -0.15) is 0 Å². The molecule has 1 heterocycles. The summed E-state index contributed by atoms with van der Waals surface area (Å²) in [5.41, 5.74) is 8.00. The molecule has 1 saturated heterocycles. The van der Waals surface area contributed by atoms with E-state index in [1.165, 1.54) is 17.4 Å². The summed E-state index contributed by atoms with van der Waals surface area (Å²) >= 11 is 0. The Morgan fingerprint density at radius 3 is 2.25 bits per heavy atom. The van der Waals surface area contributed by atoms with E-state index in [2.05, 4.69) is 43.2 Å². The van der Waals surface area contributed by atoms with Crippen LogP contribution in [-0.4, -0.2) is 90.3 Å². The fraction of sp³-hybridized carbons (Fsp3) is 0.475. The van der Waals surface area contributed by atoms with Gasteiger partial charge in [0.15, 0.2) is 0 Å². The van der Waals surface area contributed by atoms with Gasteiger partial charge in [-0.25, -0.2) is 0 Å². The van der Waals surface area contributed by atoms with Gasteiger partial charge in [0.05, 0.1) is 0 Å². The fourth-order valence-electron chi connectivity index (χ4n) is 6.64. The van der Waals surface area contributed by atoms with E-state index >= 15 is 0 Å². The molecule has 8 heteroatoms. The summed E-state index contributed by atoms with van der Waals surface area (Å²) in [4.78, 5) is 47.4. The third-order valence-electron chi connectivity index (χ3n) is 10.4. The number of likely N-dealkylation sites (N-methyl/N-ethyl adjacent to an activating group) is 2. The Kier molecular flexibility index (Phi) is 13.4. The van der Waals surface area contributed by atoms with Gasteiger partial charge in [0, 0.05) is 45.1 Å². The zero-order chi connectivity index (χ0) is 34.7. The van der Waals surface area contributed by atoms with Crippen LogP contribution in [0.2, 0.25) is 0 Å². The Bertz CT molecular complexity index is 1540. The molecule has 0 radical (unpaired) electrons. The van der Waals surface area contributed by atoms with E-state index in [9.17, 15) is 14.4 Å². The molecule has 3 atom stereocenters. The topological polar surface area (TPSA) is 99.0 Å². The maximum absolute atomic E-state index is 14.5. The Morgan fingerprint density at radius 1 is 0.917 bits per heavy atom. The van der Waals surface area contributed by atoms with Crippen LogP contribution in [0.3, 0.4) is 0 Å². The summed E-state index contributed by atoms with van der Waals surface area (Å²) < 4.78 is 0. The van der Waals surface area contributed by atoms with Gasteiger partial charge < -0.3 is 25.8 Å². The summed E-state index contributed by atoms with van der Waals surface area (Å²) in [5, 5.41) is 5.31. The molecule has 1 fully saturated rings. The normalized spacial score (nSPS) is 16.6. The average Bonchev–Trinajstić information content (AvgIpc) is 3.52.